The summed E-state index contributed by atoms with van der Waals surface area (Å²) in [6.07, 6.45) is 8.17. The number of hydrogen-bond donors (Lipinski definition) is 1. The van der Waals surface area contributed by atoms with Gasteiger partial charge in [0.05, 0.1) is 0 Å². The number of likely N-dealkylation sites (tertiary alicyclic amines) is 1. The minimum absolute atomic E-state index is 0.216. The normalized spacial score (nSPS) is 23.8. The average molecular weight is 209 g/mol. The van der Waals surface area contributed by atoms with Crippen molar-refractivity contribution in [2.24, 2.45) is 5.92 Å². The molecular formula is C12H19NO2. The average Bonchev–Trinajstić information content (AvgIpc) is 2.41. The second kappa shape index (κ2) is 4.57. The van der Waals surface area contributed by atoms with Gasteiger partial charge in [-0.2, -0.15) is 0 Å². The highest BCUT2D eigenvalue weighted by atomic mass is 16.4. The van der Waals surface area contributed by atoms with Crippen molar-refractivity contribution in [1.29, 1.82) is 0 Å². The van der Waals surface area contributed by atoms with E-state index in [4.69, 9.17) is 11.5 Å². The van der Waals surface area contributed by atoms with E-state index >= 15 is 0 Å². The monoisotopic (exact) mass is 209 g/mol. The van der Waals surface area contributed by atoms with Gasteiger partial charge in [-0.15, -0.1) is 12.3 Å². The third-order valence-electron chi connectivity index (χ3n) is 3.12. The largest absolute Gasteiger partial charge is 0.465 e. The molecule has 0 unspecified atom stereocenters. The molecule has 15 heavy (non-hydrogen) atoms. The molecule has 0 bridgehead atoms. The van der Waals surface area contributed by atoms with Crippen molar-refractivity contribution in [3.63, 3.8) is 0 Å². The predicted octanol–water partition coefficient (Wildman–Crippen LogP) is 2.57. The third kappa shape index (κ3) is 2.89. The Hall–Kier alpha value is -1.17. The Morgan fingerprint density at radius 1 is 1.67 bits per heavy atom. The van der Waals surface area contributed by atoms with Gasteiger partial charge < -0.3 is 10.0 Å². The molecule has 1 rings (SSSR count). The number of amides is 1. The smallest absolute Gasteiger partial charge is 0.407 e. The van der Waals surface area contributed by atoms with Crippen molar-refractivity contribution in [3.8, 4) is 12.3 Å². The number of rotatable bonds is 3. The summed E-state index contributed by atoms with van der Waals surface area (Å²) in [5, 5.41) is 9.03. The van der Waals surface area contributed by atoms with Crippen molar-refractivity contribution in [1.82, 2.24) is 4.90 Å². The molecule has 0 radical (unpaired) electrons. The fourth-order valence-corrected chi connectivity index (χ4v) is 2.41. The second-order valence-corrected chi connectivity index (χ2v) is 4.87. The van der Waals surface area contributed by atoms with Crippen LogP contribution in [-0.4, -0.2) is 28.2 Å². The molecule has 1 saturated heterocycles. The first-order valence-corrected chi connectivity index (χ1v) is 5.41. The summed E-state index contributed by atoms with van der Waals surface area (Å²) in [7, 11) is 0. The first-order chi connectivity index (χ1) is 6.97. The van der Waals surface area contributed by atoms with E-state index in [1.807, 2.05) is 13.8 Å². The van der Waals surface area contributed by atoms with Crippen LogP contribution >= 0.6 is 0 Å². The number of carboxylic acid groups (broad SMARTS) is 1. The van der Waals surface area contributed by atoms with Gasteiger partial charge >= 0.3 is 6.09 Å². The number of unbranched alkanes of at least 4 members (excludes halogenated alkanes) is 1. The molecule has 0 aromatic heterocycles. The van der Waals surface area contributed by atoms with Crippen LogP contribution in [-0.2, 0) is 0 Å². The maximum atomic E-state index is 11.0. The lowest BCUT2D eigenvalue weighted by Crippen LogP contribution is -2.41. The van der Waals surface area contributed by atoms with Crippen LogP contribution in [0.5, 0.6) is 0 Å². The highest BCUT2D eigenvalue weighted by molar-refractivity contribution is 5.66. The van der Waals surface area contributed by atoms with Crippen LogP contribution in [0.3, 0.4) is 0 Å². The lowest BCUT2D eigenvalue weighted by molar-refractivity contribution is 0.117. The molecule has 3 nitrogen and oxygen atoms in total. The maximum Gasteiger partial charge on any atom is 0.407 e. The Morgan fingerprint density at radius 3 is 2.80 bits per heavy atom. The van der Waals surface area contributed by atoms with Crippen LogP contribution in [0.2, 0.25) is 0 Å². The minimum atomic E-state index is -0.806. The van der Waals surface area contributed by atoms with E-state index in [0.29, 0.717) is 12.5 Å². The molecule has 0 aromatic rings. The predicted molar refractivity (Wildman–Crippen MR) is 59.6 cm³/mol. The lowest BCUT2D eigenvalue weighted by atomic mass is 9.93. The molecule has 1 aliphatic rings. The Labute approximate surface area is 91.5 Å². The molecule has 1 heterocycles. The van der Waals surface area contributed by atoms with Gasteiger partial charge in [0.15, 0.2) is 0 Å². The Morgan fingerprint density at radius 2 is 2.33 bits per heavy atom. The molecule has 0 aromatic carbocycles. The van der Waals surface area contributed by atoms with E-state index in [2.05, 4.69) is 5.92 Å². The van der Waals surface area contributed by atoms with Gasteiger partial charge in [-0.3, -0.25) is 0 Å². The molecule has 0 saturated carbocycles. The highest BCUT2D eigenvalue weighted by Gasteiger charge is 2.40. The SMILES string of the molecule is C#CCCC[C@@H]1CN(C(=O)O)C(C)(C)C1. The summed E-state index contributed by atoms with van der Waals surface area (Å²) >= 11 is 0. The first-order valence-electron chi connectivity index (χ1n) is 5.41. The zero-order chi connectivity index (χ0) is 11.5. The Kier molecular flexibility index (Phi) is 3.62. The highest BCUT2D eigenvalue weighted by Crippen LogP contribution is 2.34. The molecule has 1 aliphatic heterocycles. The molecule has 1 fully saturated rings. The standard InChI is InChI=1S/C12H19NO2/c1-4-5-6-7-10-8-12(2,3)13(9-10)11(14)15/h1,10H,5-9H2,2-3H3,(H,14,15)/t10-/m0/s1. The molecular weight excluding hydrogens is 190 g/mol. The van der Waals surface area contributed by atoms with Crippen molar-refractivity contribution in [2.75, 3.05) is 6.54 Å². The molecule has 1 atom stereocenters. The van der Waals surface area contributed by atoms with Crippen molar-refractivity contribution in [3.05, 3.63) is 0 Å². The quantitative estimate of drug-likeness (QED) is 0.573. The van der Waals surface area contributed by atoms with Crippen LogP contribution in [0, 0.1) is 18.3 Å². The summed E-state index contributed by atoms with van der Waals surface area (Å²) < 4.78 is 0. The zero-order valence-corrected chi connectivity index (χ0v) is 9.49. The van der Waals surface area contributed by atoms with E-state index in [1.54, 1.807) is 4.90 Å². The van der Waals surface area contributed by atoms with E-state index < -0.39 is 6.09 Å². The lowest BCUT2D eigenvalue weighted by Gasteiger charge is -2.28. The van der Waals surface area contributed by atoms with Gasteiger partial charge in [0.2, 0.25) is 0 Å². The molecule has 0 spiro atoms. The number of hydrogen-bond acceptors (Lipinski definition) is 1. The van der Waals surface area contributed by atoms with Gasteiger partial charge in [-0.1, -0.05) is 0 Å². The van der Waals surface area contributed by atoms with Crippen LogP contribution in [0.1, 0.15) is 39.5 Å². The summed E-state index contributed by atoms with van der Waals surface area (Å²) in [6, 6.07) is 0. The maximum absolute atomic E-state index is 11.0. The van der Waals surface area contributed by atoms with Gasteiger partial charge in [0, 0.05) is 18.5 Å². The van der Waals surface area contributed by atoms with Crippen LogP contribution in [0.4, 0.5) is 4.79 Å². The van der Waals surface area contributed by atoms with Crippen LogP contribution in [0.25, 0.3) is 0 Å². The van der Waals surface area contributed by atoms with Gasteiger partial charge in [-0.05, 0) is 39.0 Å². The second-order valence-electron chi connectivity index (χ2n) is 4.87. The molecule has 84 valence electrons. The number of carbonyl (C=O) groups is 1. The van der Waals surface area contributed by atoms with Gasteiger partial charge in [-0.25, -0.2) is 4.79 Å². The van der Waals surface area contributed by atoms with Crippen LogP contribution < -0.4 is 0 Å². The summed E-state index contributed by atoms with van der Waals surface area (Å²) in [5.74, 6) is 3.09. The summed E-state index contributed by atoms with van der Waals surface area (Å²) in [4.78, 5) is 12.5. The topological polar surface area (TPSA) is 40.5 Å². The third-order valence-corrected chi connectivity index (χ3v) is 3.12. The first kappa shape index (κ1) is 11.9. The van der Waals surface area contributed by atoms with Gasteiger partial charge in [0.25, 0.3) is 0 Å². The van der Waals surface area contributed by atoms with E-state index in [-0.39, 0.29) is 5.54 Å². The van der Waals surface area contributed by atoms with Crippen molar-refractivity contribution in [2.45, 2.75) is 45.1 Å². The van der Waals surface area contributed by atoms with Crippen molar-refractivity contribution >= 4 is 6.09 Å². The van der Waals surface area contributed by atoms with Crippen molar-refractivity contribution < 1.29 is 9.90 Å². The number of nitrogens with zero attached hydrogens (tertiary/aromatic N) is 1. The molecule has 1 N–H and O–H groups in total. The Balaban J connectivity index is 2.48. The molecule has 3 heteroatoms. The fourth-order valence-electron chi connectivity index (χ4n) is 2.41. The van der Waals surface area contributed by atoms with E-state index in [1.165, 1.54) is 0 Å². The molecule has 0 aliphatic carbocycles. The zero-order valence-electron chi connectivity index (χ0n) is 9.49. The molecule has 1 amide bonds. The fraction of sp³-hybridized carbons (Fsp3) is 0.750. The summed E-state index contributed by atoms with van der Waals surface area (Å²) in [6.45, 7) is 4.64. The Bertz CT molecular complexity index is 278. The van der Waals surface area contributed by atoms with Crippen LogP contribution in [0.15, 0.2) is 0 Å². The van der Waals surface area contributed by atoms with Gasteiger partial charge in [0.1, 0.15) is 0 Å². The van der Waals surface area contributed by atoms with E-state index in [9.17, 15) is 4.79 Å². The minimum Gasteiger partial charge on any atom is -0.465 e. The number of terminal acetylenes is 1. The summed E-state index contributed by atoms with van der Waals surface area (Å²) in [5.41, 5.74) is -0.216. The van der Waals surface area contributed by atoms with E-state index in [0.717, 1.165) is 25.7 Å².